The standard InChI is InChI=1S/C16H21FN2O3S/c17-14-5-3-12(4-6-14)11-23(21,22)19-9-1-2-13(10-19)16(20)18-15-7-8-15/h3-6,13,15H,1-2,7-11H2,(H,18,20)/t13-/m0/s1. The number of carbonyl (C=O) groups excluding carboxylic acids is 1. The molecule has 0 unspecified atom stereocenters. The molecule has 0 aromatic heterocycles. The molecule has 1 amide bonds. The molecule has 0 spiro atoms. The third-order valence-corrected chi connectivity index (χ3v) is 6.15. The maximum absolute atomic E-state index is 12.9. The zero-order valence-electron chi connectivity index (χ0n) is 12.9. The van der Waals surface area contributed by atoms with E-state index in [1.807, 2.05) is 0 Å². The second-order valence-electron chi connectivity index (χ2n) is 6.36. The van der Waals surface area contributed by atoms with Crippen molar-refractivity contribution in [3.63, 3.8) is 0 Å². The number of halogens is 1. The predicted molar refractivity (Wildman–Crippen MR) is 84.5 cm³/mol. The van der Waals surface area contributed by atoms with Gasteiger partial charge in [0.1, 0.15) is 5.82 Å². The van der Waals surface area contributed by atoms with E-state index in [1.165, 1.54) is 28.6 Å². The van der Waals surface area contributed by atoms with E-state index in [-0.39, 0.29) is 36.0 Å². The van der Waals surface area contributed by atoms with Crippen molar-refractivity contribution in [1.82, 2.24) is 9.62 Å². The molecule has 1 aliphatic carbocycles. The van der Waals surface area contributed by atoms with E-state index in [0.29, 0.717) is 18.5 Å². The summed E-state index contributed by atoms with van der Waals surface area (Å²) in [7, 11) is -3.50. The molecule has 0 bridgehead atoms. The Bertz CT molecular complexity index is 671. The topological polar surface area (TPSA) is 66.5 Å². The molecule has 1 heterocycles. The van der Waals surface area contributed by atoms with E-state index < -0.39 is 10.0 Å². The first kappa shape index (κ1) is 16.4. The quantitative estimate of drug-likeness (QED) is 0.886. The summed E-state index contributed by atoms with van der Waals surface area (Å²) < 4.78 is 39.4. The van der Waals surface area contributed by atoms with Crippen LogP contribution in [-0.4, -0.2) is 37.8 Å². The molecular weight excluding hydrogens is 319 g/mol. The minimum absolute atomic E-state index is 0.0332. The lowest BCUT2D eigenvalue weighted by Gasteiger charge is -2.31. The van der Waals surface area contributed by atoms with Gasteiger partial charge in [0.15, 0.2) is 0 Å². The van der Waals surface area contributed by atoms with Crippen molar-refractivity contribution >= 4 is 15.9 Å². The highest BCUT2D eigenvalue weighted by Crippen LogP contribution is 2.24. The van der Waals surface area contributed by atoms with Crippen LogP contribution in [0.3, 0.4) is 0 Å². The summed E-state index contributed by atoms with van der Waals surface area (Å²) in [4.78, 5) is 12.1. The Morgan fingerprint density at radius 1 is 1.22 bits per heavy atom. The van der Waals surface area contributed by atoms with Crippen molar-refractivity contribution in [2.75, 3.05) is 13.1 Å². The predicted octanol–water partition coefficient (Wildman–Crippen LogP) is 1.65. The van der Waals surface area contributed by atoms with E-state index in [0.717, 1.165) is 19.3 Å². The van der Waals surface area contributed by atoms with Crippen LogP contribution in [0.1, 0.15) is 31.2 Å². The zero-order valence-corrected chi connectivity index (χ0v) is 13.7. The van der Waals surface area contributed by atoms with Crippen molar-refractivity contribution in [1.29, 1.82) is 0 Å². The van der Waals surface area contributed by atoms with E-state index in [4.69, 9.17) is 0 Å². The Hall–Kier alpha value is -1.47. The summed E-state index contributed by atoms with van der Waals surface area (Å²) in [5.74, 6) is -0.855. The minimum atomic E-state index is -3.50. The van der Waals surface area contributed by atoms with Gasteiger partial charge in [-0.15, -0.1) is 0 Å². The molecule has 1 atom stereocenters. The van der Waals surface area contributed by atoms with Crippen LogP contribution in [0.5, 0.6) is 0 Å². The van der Waals surface area contributed by atoms with E-state index >= 15 is 0 Å². The van der Waals surface area contributed by atoms with Crippen molar-refractivity contribution in [3.05, 3.63) is 35.6 Å². The smallest absolute Gasteiger partial charge is 0.224 e. The summed E-state index contributed by atoms with van der Waals surface area (Å²) >= 11 is 0. The first-order valence-corrected chi connectivity index (χ1v) is 9.57. The number of sulfonamides is 1. The van der Waals surface area contributed by atoms with Gasteiger partial charge < -0.3 is 5.32 Å². The lowest BCUT2D eigenvalue weighted by Crippen LogP contribution is -2.46. The van der Waals surface area contributed by atoms with Crippen molar-refractivity contribution in [2.24, 2.45) is 5.92 Å². The molecule has 2 aliphatic rings. The fraction of sp³-hybridized carbons (Fsp3) is 0.562. The summed E-state index contributed by atoms with van der Waals surface area (Å²) in [6, 6.07) is 5.76. The zero-order chi connectivity index (χ0) is 16.4. The van der Waals surface area contributed by atoms with Gasteiger partial charge in [-0.1, -0.05) is 12.1 Å². The van der Waals surface area contributed by atoms with Crippen molar-refractivity contribution in [2.45, 2.75) is 37.5 Å². The third-order valence-electron chi connectivity index (χ3n) is 4.33. The summed E-state index contributed by atoms with van der Waals surface area (Å²) in [6.45, 7) is 0.679. The number of piperidine rings is 1. The fourth-order valence-electron chi connectivity index (χ4n) is 2.84. The molecule has 1 aliphatic heterocycles. The van der Waals surface area contributed by atoms with Crippen LogP contribution in [0.15, 0.2) is 24.3 Å². The van der Waals surface area contributed by atoms with Crippen LogP contribution in [0.25, 0.3) is 0 Å². The van der Waals surface area contributed by atoms with Crippen LogP contribution in [0.4, 0.5) is 4.39 Å². The number of nitrogens with one attached hydrogen (secondary N) is 1. The Kier molecular flexibility index (Phi) is 4.68. The van der Waals surface area contributed by atoms with Crippen LogP contribution in [-0.2, 0) is 20.6 Å². The molecule has 1 saturated carbocycles. The molecule has 0 radical (unpaired) electrons. The van der Waals surface area contributed by atoms with Gasteiger partial charge in [-0.3, -0.25) is 4.79 Å². The largest absolute Gasteiger partial charge is 0.353 e. The van der Waals surface area contributed by atoms with Gasteiger partial charge in [-0.2, -0.15) is 0 Å². The molecule has 1 N–H and O–H groups in total. The molecule has 1 aromatic rings. The molecule has 126 valence electrons. The Balaban J connectivity index is 1.64. The lowest BCUT2D eigenvalue weighted by molar-refractivity contribution is -0.126. The van der Waals surface area contributed by atoms with Crippen molar-refractivity contribution < 1.29 is 17.6 Å². The van der Waals surface area contributed by atoms with Gasteiger partial charge in [0.2, 0.25) is 15.9 Å². The first-order valence-electron chi connectivity index (χ1n) is 7.97. The van der Waals surface area contributed by atoms with Crippen molar-refractivity contribution in [3.8, 4) is 0 Å². The first-order chi connectivity index (χ1) is 10.9. The van der Waals surface area contributed by atoms with Gasteiger partial charge in [0.25, 0.3) is 0 Å². The van der Waals surface area contributed by atoms with E-state index in [2.05, 4.69) is 5.32 Å². The molecule has 2 fully saturated rings. The average molecular weight is 340 g/mol. The monoisotopic (exact) mass is 340 g/mol. The minimum Gasteiger partial charge on any atom is -0.353 e. The molecule has 1 saturated heterocycles. The van der Waals surface area contributed by atoms with Crippen LogP contribution in [0, 0.1) is 11.7 Å². The molecule has 5 nitrogen and oxygen atoms in total. The highest BCUT2D eigenvalue weighted by atomic mass is 32.2. The van der Waals surface area contributed by atoms with Crippen LogP contribution >= 0.6 is 0 Å². The number of hydrogen-bond acceptors (Lipinski definition) is 3. The Labute approximate surface area is 135 Å². The second-order valence-corrected chi connectivity index (χ2v) is 8.33. The van der Waals surface area contributed by atoms with Gasteiger partial charge in [0.05, 0.1) is 11.7 Å². The third kappa shape index (κ3) is 4.29. The molecule has 23 heavy (non-hydrogen) atoms. The molecule has 7 heteroatoms. The molecule has 1 aromatic carbocycles. The number of nitrogens with zero attached hydrogens (tertiary/aromatic N) is 1. The summed E-state index contributed by atoms with van der Waals surface area (Å²) in [5, 5.41) is 2.95. The highest BCUT2D eigenvalue weighted by Gasteiger charge is 2.34. The maximum atomic E-state index is 12.9. The number of hydrogen-bond donors (Lipinski definition) is 1. The maximum Gasteiger partial charge on any atom is 0.224 e. The number of benzene rings is 1. The number of rotatable bonds is 5. The highest BCUT2D eigenvalue weighted by molar-refractivity contribution is 7.88. The van der Waals surface area contributed by atoms with Gasteiger partial charge in [0, 0.05) is 19.1 Å². The van der Waals surface area contributed by atoms with E-state index in [9.17, 15) is 17.6 Å². The second kappa shape index (κ2) is 6.57. The average Bonchev–Trinajstić information content (AvgIpc) is 3.33. The Morgan fingerprint density at radius 2 is 1.91 bits per heavy atom. The lowest BCUT2D eigenvalue weighted by atomic mass is 9.99. The van der Waals surface area contributed by atoms with Crippen LogP contribution < -0.4 is 5.32 Å². The SMILES string of the molecule is O=C(NC1CC1)[C@H]1CCCN(S(=O)(=O)Cc2ccc(F)cc2)C1. The van der Waals surface area contributed by atoms with E-state index in [1.54, 1.807) is 0 Å². The number of carbonyl (C=O) groups is 1. The normalized spacial score (nSPS) is 22.7. The number of amides is 1. The molecular formula is C16H21FN2O3S. The Morgan fingerprint density at radius 3 is 2.57 bits per heavy atom. The van der Waals surface area contributed by atoms with Crippen LogP contribution in [0.2, 0.25) is 0 Å². The van der Waals surface area contributed by atoms with Gasteiger partial charge in [-0.05, 0) is 43.4 Å². The summed E-state index contributed by atoms with van der Waals surface area (Å²) in [6.07, 6.45) is 3.45. The van der Waals surface area contributed by atoms with Gasteiger partial charge >= 0.3 is 0 Å². The molecule has 3 rings (SSSR count). The summed E-state index contributed by atoms with van der Waals surface area (Å²) in [5.41, 5.74) is 0.552. The fourth-order valence-corrected chi connectivity index (χ4v) is 4.45. The van der Waals surface area contributed by atoms with Gasteiger partial charge in [-0.25, -0.2) is 17.1 Å².